The average Bonchev–Trinajstić information content (AvgIpc) is 2.21. The first-order valence-electron chi connectivity index (χ1n) is 6.35. The molecule has 1 rings (SSSR count). The third-order valence-electron chi connectivity index (χ3n) is 2.15. The van der Waals surface area contributed by atoms with Gasteiger partial charge in [0, 0.05) is 6.04 Å². The summed E-state index contributed by atoms with van der Waals surface area (Å²) < 4.78 is 5.44. The Balaban J connectivity index is 2.95. The van der Waals surface area contributed by atoms with Gasteiger partial charge in [0.1, 0.15) is 4.60 Å². The highest BCUT2D eigenvalue weighted by Crippen LogP contribution is 2.23. The number of carbonyl (C=O) groups excluding carboxylic acids is 1. The number of halogens is 1. The number of nitrogens with zero attached hydrogens (tertiary/aromatic N) is 1. The van der Waals surface area contributed by atoms with Crippen molar-refractivity contribution in [3.8, 4) is 5.88 Å². The lowest BCUT2D eigenvalue weighted by Gasteiger charge is -2.16. The number of hydrogen-bond acceptors (Lipinski definition) is 5. The van der Waals surface area contributed by atoms with Crippen LogP contribution < -0.4 is 15.6 Å². The van der Waals surface area contributed by atoms with E-state index in [0.717, 1.165) is 0 Å². The van der Waals surface area contributed by atoms with E-state index in [-0.39, 0.29) is 39.7 Å². The van der Waals surface area contributed by atoms with Gasteiger partial charge in [-0.25, -0.2) is 0 Å². The van der Waals surface area contributed by atoms with E-state index < -0.39 is 5.97 Å². The van der Waals surface area contributed by atoms with Crippen molar-refractivity contribution in [2.75, 3.05) is 5.32 Å². The first-order chi connectivity index (χ1) is 9.08. The molecule has 0 amide bonds. The number of H-pyrrole nitrogens is 1. The molecule has 0 unspecified atom stereocenters. The Hall–Kier alpha value is -1.37. The van der Waals surface area contributed by atoms with E-state index in [1.807, 2.05) is 34.6 Å². The lowest BCUT2D eigenvalue weighted by atomic mass is 9.93. The van der Waals surface area contributed by atoms with Gasteiger partial charge in [-0.1, -0.05) is 20.8 Å². The first kappa shape index (κ1) is 16.7. The van der Waals surface area contributed by atoms with Crippen LogP contribution in [0, 0.1) is 5.41 Å². The number of aromatic nitrogens is 2. The molecule has 0 aliphatic rings. The zero-order valence-corrected chi connectivity index (χ0v) is 13.9. The Kier molecular flexibility index (Phi) is 5.33. The maximum absolute atomic E-state index is 11.8. The van der Waals surface area contributed by atoms with Crippen LogP contribution in [-0.2, 0) is 4.79 Å². The van der Waals surface area contributed by atoms with Crippen LogP contribution in [0.5, 0.6) is 5.88 Å². The van der Waals surface area contributed by atoms with Crippen molar-refractivity contribution in [2.24, 2.45) is 5.41 Å². The van der Waals surface area contributed by atoms with Crippen LogP contribution in [0.15, 0.2) is 9.40 Å². The summed E-state index contributed by atoms with van der Waals surface area (Å²) in [5, 5.41) is 2.90. The van der Waals surface area contributed by atoms with Gasteiger partial charge in [-0.2, -0.15) is 4.98 Å². The zero-order valence-electron chi connectivity index (χ0n) is 12.3. The van der Waals surface area contributed by atoms with Crippen molar-refractivity contribution < 1.29 is 9.53 Å². The minimum absolute atomic E-state index is 0.0444. The Morgan fingerprint density at radius 3 is 2.55 bits per heavy atom. The van der Waals surface area contributed by atoms with Gasteiger partial charge in [0.25, 0.3) is 11.4 Å². The van der Waals surface area contributed by atoms with Crippen LogP contribution >= 0.6 is 15.9 Å². The molecular weight excluding hydrogens is 326 g/mol. The SMILES string of the molecule is CC(C)Nc1nc(OC(=O)CC(C)(C)C)c(Br)[nH]c1=O. The van der Waals surface area contributed by atoms with Gasteiger partial charge in [-0.15, -0.1) is 0 Å². The molecule has 1 aromatic rings. The summed E-state index contributed by atoms with van der Waals surface area (Å²) in [7, 11) is 0. The van der Waals surface area contributed by atoms with E-state index in [0.29, 0.717) is 0 Å². The smallest absolute Gasteiger partial charge is 0.313 e. The highest BCUT2D eigenvalue weighted by atomic mass is 79.9. The van der Waals surface area contributed by atoms with Gasteiger partial charge >= 0.3 is 5.97 Å². The van der Waals surface area contributed by atoms with E-state index in [9.17, 15) is 9.59 Å². The molecule has 0 aliphatic heterocycles. The highest BCUT2D eigenvalue weighted by molar-refractivity contribution is 9.10. The maximum Gasteiger partial charge on any atom is 0.313 e. The summed E-state index contributed by atoms with van der Waals surface area (Å²) in [6.07, 6.45) is 0.257. The normalized spacial score (nSPS) is 11.6. The van der Waals surface area contributed by atoms with Crippen LogP contribution in [0.25, 0.3) is 0 Å². The lowest BCUT2D eigenvalue weighted by molar-refractivity contribution is -0.136. The van der Waals surface area contributed by atoms with Crippen molar-refractivity contribution in [3.05, 3.63) is 15.0 Å². The molecule has 20 heavy (non-hydrogen) atoms. The molecular formula is C13H20BrN3O3. The number of carbonyl (C=O) groups is 1. The van der Waals surface area contributed by atoms with Crippen LogP contribution in [0.2, 0.25) is 0 Å². The fourth-order valence-electron chi connectivity index (χ4n) is 1.43. The number of rotatable bonds is 4. The fourth-order valence-corrected chi connectivity index (χ4v) is 1.78. The monoisotopic (exact) mass is 345 g/mol. The lowest BCUT2D eigenvalue weighted by Crippen LogP contribution is -2.23. The van der Waals surface area contributed by atoms with Crippen LogP contribution in [0.4, 0.5) is 5.82 Å². The van der Waals surface area contributed by atoms with Gasteiger partial charge in [0.15, 0.2) is 5.82 Å². The van der Waals surface area contributed by atoms with Crippen molar-refractivity contribution in [1.29, 1.82) is 0 Å². The molecule has 1 heterocycles. The fraction of sp³-hybridized carbons (Fsp3) is 0.615. The van der Waals surface area contributed by atoms with Gasteiger partial charge in [0.05, 0.1) is 6.42 Å². The van der Waals surface area contributed by atoms with E-state index in [2.05, 4.69) is 31.2 Å². The third kappa shape index (κ3) is 5.32. The second-order valence-corrected chi connectivity index (χ2v) is 6.84. The summed E-state index contributed by atoms with van der Waals surface area (Å²) in [6.45, 7) is 9.59. The highest BCUT2D eigenvalue weighted by Gasteiger charge is 2.20. The van der Waals surface area contributed by atoms with E-state index >= 15 is 0 Å². The maximum atomic E-state index is 11.8. The molecule has 0 atom stereocenters. The molecule has 7 heteroatoms. The van der Waals surface area contributed by atoms with Crippen molar-refractivity contribution >= 4 is 27.7 Å². The first-order valence-corrected chi connectivity index (χ1v) is 7.15. The molecule has 112 valence electrons. The number of aromatic amines is 1. The summed E-state index contributed by atoms with van der Waals surface area (Å²) in [5.74, 6) is -0.211. The molecule has 0 saturated carbocycles. The van der Waals surface area contributed by atoms with Gasteiger partial charge in [-0.05, 0) is 35.2 Å². The summed E-state index contributed by atoms with van der Waals surface area (Å²) in [4.78, 5) is 30.1. The summed E-state index contributed by atoms with van der Waals surface area (Å²) >= 11 is 3.13. The van der Waals surface area contributed by atoms with Crippen LogP contribution in [0.1, 0.15) is 41.0 Å². The van der Waals surface area contributed by atoms with Crippen LogP contribution in [0.3, 0.4) is 0 Å². The molecule has 0 aliphatic carbocycles. The number of esters is 1. The summed E-state index contributed by atoms with van der Waals surface area (Å²) in [6, 6.07) is 0.0444. The van der Waals surface area contributed by atoms with Crippen molar-refractivity contribution in [1.82, 2.24) is 9.97 Å². The van der Waals surface area contributed by atoms with Gasteiger partial charge in [0.2, 0.25) is 0 Å². The van der Waals surface area contributed by atoms with E-state index in [4.69, 9.17) is 4.74 Å². The number of hydrogen-bond donors (Lipinski definition) is 2. The number of anilines is 1. The molecule has 6 nitrogen and oxygen atoms in total. The van der Waals surface area contributed by atoms with Crippen molar-refractivity contribution in [3.63, 3.8) is 0 Å². The summed E-state index contributed by atoms with van der Waals surface area (Å²) in [5.41, 5.74) is -0.550. The molecule has 1 aromatic heterocycles. The topological polar surface area (TPSA) is 84.1 Å². The predicted octanol–water partition coefficient (Wildman–Crippen LogP) is 2.69. The molecule has 0 spiro atoms. The molecule has 0 bridgehead atoms. The Bertz CT molecular complexity index is 547. The Labute approximate surface area is 126 Å². The minimum Gasteiger partial charge on any atom is -0.404 e. The predicted molar refractivity (Wildman–Crippen MR) is 81.0 cm³/mol. The van der Waals surface area contributed by atoms with Crippen molar-refractivity contribution in [2.45, 2.75) is 47.1 Å². The molecule has 0 fully saturated rings. The van der Waals surface area contributed by atoms with Crippen LogP contribution in [-0.4, -0.2) is 22.0 Å². The largest absolute Gasteiger partial charge is 0.404 e. The van der Waals surface area contributed by atoms with Gasteiger partial charge < -0.3 is 15.0 Å². The van der Waals surface area contributed by atoms with E-state index in [1.165, 1.54) is 0 Å². The third-order valence-corrected chi connectivity index (χ3v) is 2.69. The quantitative estimate of drug-likeness (QED) is 0.819. The Morgan fingerprint density at radius 2 is 2.05 bits per heavy atom. The molecule has 2 N–H and O–H groups in total. The average molecular weight is 346 g/mol. The second-order valence-electron chi connectivity index (χ2n) is 6.04. The number of ether oxygens (including phenoxy) is 1. The minimum atomic E-state index is -0.395. The Morgan fingerprint density at radius 1 is 1.45 bits per heavy atom. The second kappa shape index (κ2) is 6.39. The molecule has 0 aromatic carbocycles. The van der Waals surface area contributed by atoms with Gasteiger partial charge in [-0.3, -0.25) is 9.59 Å². The number of nitrogens with one attached hydrogen (secondary N) is 2. The zero-order chi connectivity index (χ0) is 15.5. The molecule has 0 saturated heterocycles. The standard InChI is InChI=1S/C13H20BrN3O3/c1-7(2)15-10-11(19)16-9(14)12(17-10)20-8(18)6-13(3,4)5/h7H,6H2,1-5H3,(H,15,17)(H,16,19). The molecule has 0 radical (unpaired) electrons. The van der Waals surface area contributed by atoms with E-state index in [1.54, 1.807) is 0 Å².